The largest absolute Gasteiger partial charge is 0.506 e. The summed E-state index contributed by atoms with van der Waals surface area (Å²) in [5.74, 6) is 0.0900. The molecular formula is C16H18ClNOS. The average molecular weight is 308 g/mol. The van der Waals surface area contributed by atoms with Gasteiger partial charge in [0.1, 0.15) is 5.75 Å². The molecule has 0 bridgehead atoms. The zero-order valence-corrected chi connectivity index (χ0v) is 13.0. The smallest absolute Gasteiger partial charge is 0.136 e. The average Bonchev–Trinajstić information content (AvgIpc) is 2.47. The van der Waals surface area contributed by atoms with Crippen LogP contribution >= 0.6 is 23.5 Å². The molecule has 0 aliphatic rings. The summed E-state index contributed by atoms with van der Waals surface area (Å²) >= 11 is 7.29. The van der Waals surface area contributed by atoms with Crippen LogP contribution < -0.4 is 4.72 Å². The normalized spacial score (nSPS) is 10.5. The molecule has 2 aromatic carbocycles. The minimum Gasteiger partial charge on any atom is -0.506 e. The number of nitrogens with one attached hydrogen (secondary N) is 1. The van der Waals surface area contributed by atoms with E-state index in [1.54, 1.807) is 12.1 Å². The summed E-state index contributed by atoms with van der Waals surface area (Å²) in [6, 6.07) is 13.7. The molecule has 0 fully saturated rings. The lowest BCUT2D eigenvalue weighted by Gasteiger charge is -2.07. The molecule has 2 aromatic rings. The summed E-state index contributed by atoms with van der Waals surface area (Å²) in [5.41, 5.74) is 2.20. The van der Waals surface area contributed by atoms with Gasteiger partial charge in [0.05, 0.1) is 5.02 Å². The number of benzene rings is 2. The SMILES string of the molecule is CCCCc1ccc(SNc2ccc(Cl)c(O)c2)cc1. The Morgan fingerprint density at radius 3 is 2.55 bits per heavy atom. The second-order valence-corrected chi connectivity index (χ2v) is 5.90. The van der Waals surface area contributed by atoms with Gasteiger partial charge in [0.2, 0.25) is 0 Å². The van der Waals surface area contributed by atoms with Crippen LogP contribution in [0.3, 0.4) is 0 Å². The van der Waals surface area contributed by atoms with E-state index in [2.05, 4.69) is 35.9 Å². The molecule has 0 aromatic heterocycles. The van der Waals surface area contributed by atoms with Gasteiger partial charge in [-0.05, 0) is 54.6 Å². The summed E-state index contributed by atoms with van der Waals surface area (Å²) in [4.78, 5) is 1.14. The number of rotatable bonds is 6. The molecule has 0 saturated heterocycles. The monoisotopic (exact) mass is 307 g/mol. The molecule has 0 aliphatic heterocycles. The zero-order valence-electron chi connectivity index (χ0n) is 11.4. The Labute approximate surface area is 129 Å². The van der Waals surface area contributed by atoms with Gasteiger partial charge in [-0.1, -0.05) is 37.1 Å². The Morgan fingerprint density at radius 2 is 1.90 bits per heavy atom. The summed E-state index contributed by atoms with van der Waals surface area (Å²) in [6.45, 7) is 2.20. The lowest BCUT2D eigenvalue weighted by atomic mass is 10.1. The standard InChI is InChI=1S/C16H18ClNOS/c1-2-3-4-12-5-8-14(9-6-12)20-18-13-7-10-15(17)16(19)11-13/h5-11,18-19H,2-4H2,1H3. The van der Waals surface area contributed by atoms with E-state index < -0.39 is 0 Å². The van der Waals surface area contributed by atoms with Crippen LogP contribution in [-0.4, -0.2) is 5.11 Å². The van der Waals surface area contributed by atoms with Gasteiger partial charge in [0.15, 0.2) is 0 Å². The maximum Gasteiger partial charge on any atom is 0.136 e. The second-order valence-electron chi connectivity index (χ2n) is 4.62. The van der Waals surface area contributed by atoms with Gasteiger partial charge >= 0.3 is 0 Å². The third kappa shape index (κ3) is 4.36. The van der Waals surface area contributed by atoms with Crippen LogP contribution in [0.5, 0.6) is 5.75 Å². The molecule has 2 N–H and O–H groups in total. The lowest BCUT2D eigenvalue weighted by molar-refractivity contribution is 0.476. The highest BCUT2D eigenvalue weighted by atomic mass is 35.5. The predicted molar refractivity (Wildman–Crippen MR) is 87.7 cm³/mol. The fourth-order valence-corrected chi connectivity index (χ4v) is 2.55. The Morgan fingerprint density at radius 1 is 1.15 bits per heavy atom. The van der Waals surface area contributed by atoms with E-state index in [9.17, 15) is 5.11 Å². The first kappa shape index (κ1) is 15.1. The van der Waals surface area contributed by atoms with Crippen LogP contribution in [0.4, 0.5) is 5.69 Å². The molecule has 0 atom stereocenters. The van der Waals surface area contributed by atoms with E-state index in [1.807, 2.05) is 6.07 Å². The van der Waals surface area contributed by atoms with Gasteiger partial charge in [-0.15, -0.1) is 0 Å². The van der Waals surface area contributed by atoms with Crippen molar-refractivity contribution in [2.45, 2.75) is 31.1 Å². The Bertz CT molecular complexity index is 557. The van der Waals surface area contributed by atoms with E-state index in [1.165, 1.54) is 30.4 Å². The fraction of sp³-hybridized carbons (Fsp3) is 0.250. The van der Waals surface area contributed by atoms with Crippen molar-refractivity contribution >= 4 is 29.2 Å². The molecular weight excluding hydrogens is 290 g/mol. The number of hydrogen-bond donors (Lipinski definition) is 2. The number of phenols is 1. The minimum atomic E-state index is 0.0900. The summed E-state index contributed by atoms with van der Waals surface area (Å²) in [7, 11) is 0. The Kier molecular flexibility index (Phi) is 5.62. The molecule has 0 spiro atoms. The first-order chi connectivity index (χ1) is 9.69. The van der Waals surface area contributed by atoms with E-state index >= 15 is 0 Å². The summed E-state index contributed by atoms with van der Waals surface area (Å²) in [6.07, 6.45) is 3.59. The van der Waals surface area contributed by atoms with Crippen LogP contribution in [0.25, 0.3) is 0 Å². The first-order valence-electron chi connectivity index (χ1n) is 6.69. The fourth-order valence-electron chi connectivity index (χ4n) is 1.80. The first-order valence-corrected chi connectivity index (χ1v) is 7.89. The van der Waals surface area contributed by atoms with Crippen LogP contribution in [0.2, 0.25) is 5.02 Å². The third-order valence-corrected chi connectivity index (χ3v) is 4.14. The van der Waals surface area contributed by atoms with E-state index in [4.69, 9.17) is 11.6 Å². The lowest BCUT2D eigenvalue weighted by Crippen LogP contribution is -1.88. The van der Waals surface area contributed by atoms with Crippen molar-refractivity contribution in [3.05, 3.63) is 53.1 Å². The van der Waals surface area contributed by atoms with Crippen LogP contribution in [0.15, 0.2) is 47.4 Å². The van der Waals surface area contributed by atoms with Crippen molar-refractivity contribution in [1.82, 2.24) is 0 Å². The summed E-state index contributed by atoms with van der Waals surface area (Å²) in [5, 5.41) is 9.90. The predicted octanol–water partition coefficient (Wildman–Crippen LogP) is 5.51. The van der Waals surface area contributed by atoms with Gasteiger partial charge in [-0.25, -0.2) is 0 Å². The van der Waals surface area contributed by atoms with Crippen LogP contribution in [-0.2, 0) is 6.42 Å². The number of hydrogen-bond acceptors (Lipinski definition) is 3. The molecule has 0 radical (unpaired) electrons. The third-order valence-electron chi connectivity index (χ3n) is 2.98. The van der Waals surface area contributed by atoms with Gasteiger partial charge < -0.3 is 9.83 Å². The van der Waals surface area contributed by atoms with Crippen molar-refractivity contribution in [3.8, 4) is 5.75 Å². The number of unbranched alkanes of at least 4 members (excludes halogenated alkanes) is 1. The molecule has 2 nitrogen and oxygen atoms in total. The molecule has 0 saturated carbocycles. The van der Waals surface area contributed by atoms with Crippen molar-refractivity contribution in [2.75, 3.05) is 4.72 Å². The van der Waals surface area contributed by atoms with Crippen molar-refractivity contribution in [1.29, 1.82) is 0 Å². The maximum absolute atomic E-state index is 9.53. The van der Waals surface area contributed by atoms with Crippen molar-refractivity contribution in [2.24, 2.45) is 0 Å². The zero-order chi connectivity index (χ0) is 14.4. The number of anilines is 1. The van der Waals surface area contributed by atoms with Gasteiger partial charge in [-0.2, -0.15) is 0 Å². The molecule has 20 heavy (non-hydrogen) atoms. The highest BCUT2D eigenvalue weighted by molar-refractivity contribution is 8.00. The highest BCUT2D eigenvalue weighted by Gasteiger charge is 2.01. The van der Waals surface area contributed by atoms with Gasteiger partial charge in [-0.3, -0.25) is 0 Å². The number of phenolic OH excluding ortho intramolecular Hbond substituents is 1. The molecule has 4 heteroatoms. The maximum atomic E-state index is 9.53. The molecule has 0 aliphatic carbocycles. The van der Waals surface area contributed by atoms with Crippen LogP contribution in [0, 0.1) is 0 Å². The molecule has 0 heterocycles. The van der Waals surface area contributed by atoms with Gasteiger partial charge in [0, 0.05) is 16.6 Å². The van der Waals surface area contributed by atoms with E-state index in [-0.39, 0.29) is 5.75 Å². The Balaban J connectivity index is 1.91. The van der Waals surface area contributed by atoms with E-state index in [0.717, 1.165) is 17.0 Å². The van der Waals surface area contributed by atoms with Crippen molar-refractivity contribution < 1.29 is 5.11 Å². The number of aryl methyl sites for hydroxylation is 1. The Hall–Kier alpha value is -1.32. The quantitative estimate of drug-likeness (QED) is 0.690. The summed E-state index contributed by atoms with van der Waals surface area (Å²) < 4.78 is 3.19. The van der Waals surface area contributed by atoms with Crippen LogP contribution in [0.1, 0.15) is 25.3 Å². The molecule has 0 unspecified atom stereocenters. The molecule has 106 valence electrons. The van der Waals surface area contributed by atoms with E-state index in [0.29, 0.717) is 5.02 Å². The number of aromatic hydroxyl groups is 1. The highest BCUT2D eigenvalue weighted by Crippen LogP contribution is 2.29. The van der Waals surface area contributed by atoms with Gasteiger partial charge in [0.25, 0.3) is 0 Å². The topological polar surface area (TPSA) is 32.3 Å². The molecule has 0 amide bonds. The second kappa shape index (κ2) is 7.46. The van der Waals surface area contributed by atoms with Crippen molar-refractivity contribution in [3.63, 3.8) is 0 Å². The molecule has 2 rings (SSSR count). The number of halogens is 1. The minimum absolute atomic E-state index is 0.0900.